The molecule has 3 rings (SSSR count). The summed E-state index contributed by atoms with van der Waals surface area (Å²) >= 11 is 0. The molecule has 0 atom stereocenters. The van der Waals surface area contributed by atoms with E-state index in [1.807, 2.05) is 18.3 Å². The molecule has 1 aromatic carbocycles. The van der Waals surface area contributed by atoms with Crippen molar-refractivity contribution in [1.82, 2.24) is 19.4 Å². The van der Waals surface area contributed by atoms with Gasteiger partial charge in [0.05, 0.1) is 6.54 Å². The van der Waals surface area contributed by atoms with Gasteiger partial charge in [0.25, 0.3) is 0 Å². The van der Waals surface area contributed by atoms with E-state index in [-0.39, 0.29) is 5.82 Å². The molecule has 0 spiro atoms. The molecule has 1 fully saturated rings. The fraction of sp³-hybridized carbons (Fsp3) is 0.526. The first kappa shape index (κ1) is 17.1. The van der Waals surface area contributed by atoms with Crippen molar-refractivity contribution in [2.24, 2.45) is 0 Å². The summed E-state index contributed by atoms with van der Waals surface area (Å²) in [7, 11) is 0. The Kier molecular flexibility index (Phi) is 5.63. The standard InChI is InChI=1S/C19H27FN4/c1-16(2)24-11-8-21-19(24)15-23-10-3-9-22(12-13-23)14-17-4-6-18(20)7-5-17/h4-8,11,16H,3,9-10,12-15H2,1-2H3. The Hall–Kier alpha value is -1.72. The van der Waals surface area contributed by atoms with Gasteiger partial charge in [0.1, 0.15) is 11.6 Å². The van der Waals surface area contributed by atoms with Crippen molar-refractivity contribution in [1.29, 1.82) is 0 Å². The smallest absolute Gasteiger partial charge is 0.123 e. The normalized spacial score (nSPS) is 17.3. The maximum absolute atomic E-state index is 13.0. The molecule has 2 heterocycles. The number of hydrogen-bond donors (Lipinski definition) is 0. The van der Waals surface area contributed by atoms with E-state index in [2.05, 4.69) is 39.4 Å². The highest BCUT2D eigenvalue weighted by Gasteiger charge is 2.17. The highest BCUT2D eigenvalue weighted by molar-refractivity contribution is 5.15. The van der Waals surface area contributed by atoms with Gasteiger partial charge in [0.2, 0.25) is 0 Å². The predicted molar refractivity (Wildman–Crippen MR) is 94.2 cm³/mol. The Bertz CT molecular complexity index is 635. The third-order valence-electron chi connectivity index (χ3n) is 4.67. The van der Waals surface area contributed by atoms with Gasteiger partial charge >= 0.3 is 0 Å². The molecule has 130 valence electrons. The molecule has 0 N–H and O–H groups in total. The molecule has 0 radical (unpaired) electrons. The van der Waals surface area contributed by atoms with Gasteiger partial charge in [-0.15, -0.1) is 0 Å². The molecular weight excluding hydrogens is 303 g/mol. The summed E-state index contributed by atoms with van der Waals surface area (Å²) in [4.78, 5) is 9.48. The van der Waals surface area contributed by atoms with Crippen LogP contribution in [0.1, 0.15) is 37.7 Å². The maximum Gasteiger partial charge on any atom is 0.123 e. The van der Waals surface area contributed by atoms with Crippen LogP contribution in [0.2, 0.25) is 0 Å². The molecule has 0 bridgehead atoms. The molecule has 24 heavy (non-hydrogen) atoms. The number of rotatable bonds is 5. The van der Waals surface area contributed by atoms with Gasteiger partial charge < -0.3 is 4.57 Å². The second-order valence-electron chi connectivity index (χ2n) is 6.88. The van der Waals surface area contributed by atoms with Gasteiger partial charge in [0, 0.05) is 38.1 Å². The van der Waals surface area contributed by atoms with Crippen LogP contribution >= 0.6 is 0 Å². The van der Waals surface area contributed by atoms with Gasteiger partial charge in [-0.1, -0.05) is 12.1 Å². The van der Waals surface area contributed by atoms with Crippen molar-refractivity contribution >= 4 is 0 Å². The number of nitrogens with zero attached hydrogens (tertiary/aromatic N) is 4. The average Bonchev–Trinajstić information content (AvgIpc) is 2.91. The SMILES string of the molecule is CC(C)n1ccnc1CN1CCCN(Cc2ccc(F)cc2)CC1. The summed E-state index contributed by atoms with van der Waals surface area (Å²) in [5.74, 6) is 0.985. The van der Waals surface area contributed by atoms with Gasteiger partial charge in [-0.25, -0.2) is 9.37 Å². The average molecular weight is 330 g/mol. The van der Waals surface area contributed by atoms with Crippen LogP contribution in [-0.2, 0) is 13.1 Å². The van der Waals surface area contributed by atoms with Gasteiger partial charge in [-0.3, -0.25) is 9.80 Å². The Morgan fingerprint density at radius 3 is 2.33 bits per heavy atom. The summed E-state index contributed by atoms with van der Waals surface area (Å²) < 4.78 is 15.3. The second-order valence-corrected chi connectivity index (χ2v) is 6.88. The van der Waals surface area contributed by atoms with Crippen LogP contribution in [0, 0.1) is 5.82 Å². The molecule has 1 aromatic heterocycles. The second kappa shape index (κ2) is 7.90. The van der Waals surface area contributed by atoms with Crippen LogP contribution in [0.25, 0.3) is 0 Å². The first-order valence-electron chi connectivity index (χ1n) is 8.82. The first-order valence-corrected chi connectivity index (χ1v) is 8.82. The molecule has 1 aliphatic heterocycles. The highest BCUT2D eigenvalue weighted by atomic mass is 19.1. The number of hydrogen-bond acceptors (Lipinski definition) is 3. The quantitative estimate of drug-likeness (QED) is 0.841. The van der Waals surface area contributed by atoms with Crippen molar-refractivity contribution in [3.63, 3.8) is 0 Å². The monoisotopic (exact) mass is 330 g/mol. The molecule has 2 aromatic rings. The third-order valence-corrected chi connectivity index (χ3v) is 4.67. The summed E-state index contributed by atoms with van der Waals surface area (Å²) in [5, 5.41) is 0. The van der Waals surface area contributed by atoms with Crippen LogP contribution < -0.4 is 0 Å². The lowest BCUT2D eigenvalue weighted by Crippen LogP contribution is -2.31. The molecule has 5 heteroatoms. The van der Waals surface area contributed by atoms with Gasteiger partial charge in [0.15, 0.2) is 0 Å². The van der Waals surface area contributed by atoms with E-state index in [4.69, 9.17) is 0 Å². The number of aromatic nitrogens is 2. The van der Waals surface area contributed by atoms with E-state index < -0.39 is 0 Å². The minimum Gasteiger partial charge on any atom is -0.331 e. The number of imidazole rings is 1. The Morgan fingerprint density at radius 2 is 1.67 bits per heavy atom. The minimum atomic E-state index is -0.165. The van der Waals surface area contributed by atoms with Crippen LogP contribution in [0.5, 0.6) is 0 Å². The van der Waals surface area contributed by atoms with Crippen LogP contribution in [0.15, 0.2) is 36.7 Å². The predicted octanol–water partition coefficient (Wildman–Crippen LogP) is 3.31. The molecule has 0 unspecified atom stereocenters. The lowest BCUT2D eigenvalue weighted by Gasteiger charge is -2.22. The highest BCUT2D eigenvalue weighted by Crippen LogP contribution is 2.14. The van der Waals surface area contributed by atoms with Crippen LogP contribution in [0.3, 0.4) is 0 Å². The van der Waals surface area contributed by atoms with Gasteiger partial charge in [-0.05, 0) is 51.1 Å². The minimum absolute atomic E-state index is 0.165. The summed E-state index contributed by atoms with van der Waals surface area (Å²) in [5.41, 5.74) is 1.18. The van der Waals surface area contributed by atoms with Crippen molar-refractivity contribution in [2.45, 2.75) is 39.4 Å². The molecule has 0 aliphatic carbocycles. The van der Waals surface area contributed by atoms with E-state index in [0.29, 0.717) is 6.04 Å². The largest absolute Gasteiger partial charge is 0.331 e. The maximum atomic E-state index is 13.0. The number of benzene rings is 1. The zero-order chi connectivity index (χ0) is 16.9. The molecule has 0 amide bonds. The van der Waals surface area contributed by atoms with E-state index in [1.165, 1.54) is 5.56 Å². The molecule has 4 nitrogen and oxygen atoms in total. The van der Waals surface area contributed by atoms with Crippen molar-refractivity contribution in [2.75, 3.05) is 26.2 Å². The Labute approximate surface area is 143 Å². The van der Waals surface area contributed by atoms with E-state index in [1.54, 1.807) is 12.1 Å². The summed E-state index contributed by atoms with van der Waals surface area (Å²) in [6, 6.07) is 7.31. The van der Waals surface area contributed by atoms with Crippen molar-refractivity contribution < 1.29 is 4.39 Å². The third kappa shape index (κ3) is 4.42. The van der Waals surface area contributed by atoms with Crippen LogP contribution in [0.4, 0.5) is 4.39 Å². The zero-order valence-corrected chi connectivity index (χ0v) is 14.7. The molecule has 0 saturated carbocycles. The summed E-state index contributed by atoms with van der Waals surface area (Å²) in [6.07, 6.45) is 5.12. The Morgan fingerprint density at radius 1 is 1.00 bits per heavy atom. The van der Waals surface area contributed by atoms with Crippen molar-refractivity contribution in [3.05, 3.63) is 53.9 Å². The van der Waals surface area contributed by atoms with E-state index in [0.717, 1.165) is 51.5 Å². The zero-order valence-electron chi connectivity index (χ0n) is 14.7. The van der Waals surface area contributed by atoms with E-state index in [9.17, 15) is 4.39 Å². The molecule has 1 aliphatic rings. The fourth-order valence-corrected chi connectivity index (χ4v) is 3.33. The molecule has 1 saturated heterocycles. The van der Waals surface area contributed by atoms with Crippen LogP contribution in [-0.4, -0.2) is 45.5 Å². The molecular formula is C19H27FN4. The lowest BCUT2D eigenvalue weighted by molar-refractivity contribution is 0.240. The van der Waals surface area contributed by atoms with Gasteiger partial charge in [-0.2, -0.15) is 0 Å². The fourth-order valence-electron chi connectivity index (χ4n) is 3.33. The van der Waals surface area contributed by atoms with Crippen molar-refractivity contribution in [3.8, 4) is 0 Å². The number of halogens is 1. The Balaban J connectivity index is 1.55. The first-order chi connectivity index (χ1) is 11.6. The summed E-state index contributed by atoms with van der Waals surface area (Å²) in [6.45, 7) is 10.5. The topological polar surface area (TPSA) is 24.3 Å². The lowest BCUT2D eigenvalue weighted by atomic mass is 10.2. The van der Waals surface area contributed by atoms with E-state index >= 15 is 0 Å².